The molecule has 3 rings (SSSR count). The van der Waals surface area contributed by atoms with E-state index in [0.717, 1.165) is 4.90 Å². The molecule has 2 aliphatic heterocycles. The lowest BCUT2D eigenvalue weighted by Gasteiger charge is -2.15. The molecule has 0 spiro atoms. The maximum absolute atomic E-state index is 12.6. The number of carbonyl (C=O) groups excluding carboxylic acids is 3. The zero-order valence-electron chi connectivity index (χ0n) is 12.1. The number of amides is 2. The maximum Gasteiger partial charge on any atom is 0.355 e. The van der Waals surface area contributed by atoms with Crippen LogP contribution in [0.3, 0.4) is 0 Å². The molecule has 23 heavy (non-hydrogen) atoms. The Hall–Kier alpha value is -3.21. The van der Waals surface area contributed by atoms with E-state index in [1.165, 1.54) is 24.3 Å². The van der Waals surface area contributed by atoms with Gasteiger partial charge in [0.05, 0.1) is 23.9 Å². The van der Waals surface area contributed by atoms with Crippen molar-refractivity contribution in [2.45, 2.75) is 13.0 Å². The second kappa shape index (κ2) is 5.53. The fourth-order valence-electron chi connectivity index (χ4n) is 2.60. The highest BCUT2D eigenvalue weighted by atomic mass is 16.5. The molecule has 1 N–H and O–H groups in total. The van der Waals surface area contributed by atoms with E-state index in [4.69, 9.17) is 10.00 Å². The molecule has 1 aromatic carbocycles. The maximum atomic E-state index is 12.6. The lowest BCUT2D eigenvalue weighted by atomic mass is 9.99. The molecule has 8 heteroatoms. The lowest BCUT2D eigenvalue weighted by molar-refractivity contribution is -0.136. The Morgan fingerprint density at radius 2 is 2.04 bits per heavy atom. The first kappa shape index (κ1) is 14.7. The Morgan fingerprint density at radius 1 is 1.35 bits per heavy atom. The standard InChI is InChI=1S/C15H12N4O4/c1-2-23-15(22)12-10-11(17-18-12)14(21)19(13(10)20)9-5-3-8(7-16)4-6-9/h3-6,10-11,17H,2H2,1H3/t10-,11+/m1/s1. The van der Waals surface area contributed by atoms with Crippen molar-refractivity contribution in [2.24, 2.45) is 11.0 Å². The minimum absolute atomic E-state index is 0.0913. The molecule has 116 valence electrons. The van der Waals surface area contributed by atoms with Crippen LogP contribution >= 0.6 is 0 Å². The van der Waals surface area contributed by atoms with Crippen molar-refractivity contribution >= 4 is 29.2 Å². The zero-order valence-corrected chi connectivity index (χ0v) is 12.1. The van der Waals surface area contributed by atoms with Crippen molar-refractivity contribution in [3.05, 3.63) is 29.8 Å². The number of hydrogen-bond acceptors (Lipinski definition) is 7. The van der Waals surface area contributed by atoms with Gasteiger partial charge in [0.1, 0.15) is 12.0 Å². The summed E-state index contributed by atoms with van der Waals surface area (Å²) in [5.41, 5.74) is 3.20. The van der Waals surface area contributed by atoms with Gasteiger partial charge in [-0.05, 0) is 31.2 Å². The number of imide groups is 1. The van der Waals surface area contributed by atoms with Crippen LogP contribution in [-0.4, -0.2) is 36.1 Å². The van der Waals surface area contributed by atoms with E-state index in [2.05, 4.69) is 10.5 Å². The molecule has 1 aromatic rings. The molecule has 0 aliphatic carbocycles. The van der Waals surface area contributed by atoms with Gasteiger partial charge in [-0.3, -0.25) is 15.0 Å². The van der Waals surface area contributed by atoms with Gasteiger partial charge in [-0.2, -0.15) is 10.4 Å². The molecule has 1 saturated heterocycles. The summed E-state index contributed by atoms with van der Waals surface area (Å²) in [6.45, 7) is 1.79. The molecule has 0 aromatic heterocycles. The summed E-state index contributed by atoms with van der Waals surface area (Å²) in [6, 6.07) is 7.10. The van der Waals surface area contributed by atoms with E-state index in [9.17, 15) is 14.4 Å². The van der Waals surface area contributed by atoms with Crippen LogP contribution in [-0.2, 0) is 19.1 Å². The van der Waals surface area contributed by atoms with Gasteiger partial charge < -0.3 is 4.74 Å². The van der Waals surface area contributed by atoms with Crippen LogP contribution in [0.2, 0.25) is 0 Å². The summed E-state index contributed by atoms with van der Waals surface area (Å²) in [5, 5.41) is 12.6. The Balaban J connectivity index is 1.90. The minimum atomic E-state index is -0.989. The lowest BCUT2D eigenvalue weighted by Crippen LogP contribution is -2.36. The Kier molecular flexibility index (Phi) is 3.54. The molecule has 0 unspecified atom stereocenters. The number of carbonyl (C=O) groups is 3. The largest absolute Gasteiger partial charge is 0.461 e. The van der Waals surface area contributed by atoms with Crippen molar-refractivity contribution in [2.75, 3.05) is 11.5 Å². The minimum Gasteiger partial charge on any atom is -0.461 e. The molecular weight excluding hydrogens is 300 g/mol. The molecule has 0 bridgehead atoms. The number of nitriles is 1. The predicted octanol–water partition coefficient (Wildman–Crippen LogP) is -0.0614. The fourth-order valence-corrected chi connectivity index (χ4v) is 2.60. The topological polar surface area (TPSA) is 112 Å². The Labute approximate surface area is 131 Å². The molecule has 0 saturated carbocycles. The molecule has 2 amide bonds. The van der Waals surface area contributed by atoms with Crippen LogP contribution < -0.4 is 10.3 Å². The number of rotatable bonds is 3. The number of ether oxygens (including phenoxy) is 1. The second-order valence-electron chi connectivity index (χ2n) is 4.97. The van der Waals surface area contributed by atoms with E-state index in [1.807, 2.05) is 6.07 Å². The monoisotopic (exact) mass is 312 g/mol. The first-order valence-electron chi connectivity index (χ1n) is 6.96. The number of hydrogen-bond donors (Lipinski definition) is 1. The number of anilines is 1. The van der Waals surface area contributed by atoms with Gasteiger partial charge in [0.2, 0.25) is 5.91 Å². The molecular formula is C15H12N4O4. The average molecular weight is 312 g/mol. The Bertz CT molecular complexity index is 763. The number of nitrogens with zero attached hydrogens (tertiary/aromatic N) is 3. The van der Waals surface area contributed by atoms with E-state index < -0.39 is 29.7 Å². The van der Waals surface area contributed by atoms with Gasteiger partial charge in [-0.1, -0.05) is 0 Å². The highest BCUT2D eigenvalue weighted by Crippen LogP contribution is 2.30. The molecule has 2 heterocycles. The normalized spacial score (nSPS) is 22.3. The SMILES string of the molecule is CCOC(=O)C1=NN[C@@H]2C(=O)N(c3ccc(C#N)cc3)C(=O)[C@@H]12. The number of hydrazone groups is 1. The van der Waals surface area contributed by atoms with Gasteiger partial charge >= 0.3 is 5.97 Å². The number of esters is 1. The third-order valence-corrected chi connectivity index (χ3v) is 3.66. The predicted molar refractivity (Wildman–Crippen MR) is 78.1 cm³/mol. The third-order valence-electron chi connectivity index (χ3n) is 3.66. The first-order chi connectivity index (χ1) is 11.1. The average Bonchev–Trinajstić information content (AvgIpc) is 3.09. The summed E-state index contributed by atoms with van der Waals surface area (Å²) in [4.78, 5) is 37.9. The van der Waals surface area contributed by atoms with Crippen LogP contribution in [0, 0.1) is 17.2 Å². The summed E-state index contributed by atoms with van der Waals surface area (Å²) >= 11 is 0. The number of nitrogens with one attached hydrogen (secondary N) is 1. The summed E-state index contributed by atoms with van der Waals surface area (Å²) in [6.07, 6.45) is 0. The van der Waals surface area contributed by atoms with E-state index >= 15 is 0 Å². The smallest absolute Gasteiger partial charge is 0.355 e. The van der Waals surface area contributed by atoms with E-state index in [-0.39, 0.29) is 12.3 Å². The van der Waals surface area contributed by atoms with Gasteiger partial charge in [-0.15, -0.1) is 0 Å². The van der Waals surface area contributed by atoms with E-state index in [0.29, 0.717) is 11.3 Å². The van der Waals surface area contributed by atoms with Crippen LogP contribution in [0.15, 0.2) is 29.4 Å². The van der Waals surface area contributed by atoms with Crippen molar-refractivity contribution in [1.29, 1.82) is 5.26 Å². The van der Waals surface area contributed by atoms with Crippen LogP contribution in [0.25, 0.3) is 0 Å². The van der Waals surface area contributed by atoms with Crippen LogP contribution in [0.1, 0.15) is 12.5 Å². The molecule has 2 aliphatic rings. The summed E-state index contributed by atoms with van der Waals surface area (Å²) in [5.74, 6) is -2.73. The van der Waals surface area contributed by atoms with Crippen molar-refractivity contribution in [3.8, 4) is 6.07 Å². The van der Waals surface area contributed by atoms with Crippen LogP contribution in [0.5, 0.6) is 0 Å². The van der Waals surface area contributed by atoms with Crippen molar-refractivity contribution < 1.29 is 19.1 Å². The first-order valence-corrected chi connectivity index (χ1v) is 6.96. The van der Waals surface area contributed by atoms with Crippen molar-refractivity contribution in [3.63, 3.8) is 0 Å². The third kappa shape index (κ3) is 2.23. The number of benzene rings is 1. The molecule has 8 nitrogen and oxygen atoms in total. The van der Waals surface area contributed by atoms with Gasteiger partial charge in [0.25, 0.3) is 5.91 Å². The van der Waals surface area contributed by atoms with Gasteiger partial charge in [0.15, 0.2) is 5.71 Å². The second-order valence-corrected chi connectivity index (χ2v) is 4.97. The Morgan fingerprint density at radius 3 is 2.65 bits per heavy atom. The van der Waals surface area contributed by atoms with E-state index in [1.54, 1.807) is 6.92 Å². The highest BCUT2D eigenvalue weighted by Gasteiger charge is 2.55. The quantitative estimate of drug-likeness (QED) is 0.618. The zero-order chi connectivity index (χ0) is 16.6. The highest BCUT2D eigenvalue weighted by molar-refractivity contribution is 6.46. The summed E-state index contributed by atoms with van der Waals surface area (Å²) < 4.78 is 4.86. The van der Waals surface area contributed by atoms with Gasteiger partial charge in [0, 0.05) is 0 Å². The molecule has 2 atom stereocenters. The molecule has 1 fully saturated rings. The van der Waals surface area contributed by atoms with Crippen molar-refractivity contribution in [1.82, 2.24) is 5.43 Å². The summed E-state index contributed by atoms with van der Waals surface area (Å²) in [7, 11) is 0. The van der Waals surface area contributed by atoms with Gasteiger partial charge in [-0.25, -0.2) is 9.69 Å². The molecule has 0 radical (unpaired) electrons. The fraction of sp³-hybridized carbons (Fsp3) is 0.267. The number of fused-ring (bicyclic) bond motifs is 1. The van der Waals surface area contributed by atoms with Crippen LogP contribution in [0.4, 0.5) is 5.69 Å².